The number of nitrogens with zero attached hydrogens (tertiary/aromatic N) is 1. The van der Waals surface area contributed by atoms with Crippen LogP contribution in [-0.2, 0) is 4.79 Å². The molecule has 2 aromatic rings. The first-order valence-electron chi connectivity index (χ1n) is 10.2. The van der Waals surface area contributed by atoms with Crippen LogP contribution < -0.4 is 10.6 Å². The number of hydrogen-bond donors (Lipinski definition) is 2. The Morgan fingerprint density at radius 3 is 2.63 bits per heavy atom. The van der Waals surface area contributed by atoms with E-state index in [1.54, 1.807) is 47.4 Å². The number of halogens is 1. The molecule has 1 fully saturated rings. The van der Waals surface area contributed by atoms with E-state index in [-0.39, 0.29) is 17.9 Å². The van der Waals surface area contributed by atoms with E-state index in [2.05, 4.69) is 33.0 Å². The van der Waals surface area contributed by atoms with Crippen LogP contribution in [0.4, 0.5) is 0 Å². The fourth-order valence-corrected chi connectivity index (χ4v) is 5.20. The van der Waals surface area contributed by atoms with Gasteiger partial charge in [0.2, 0.25) is 5.91 Å². The lowest BCUT2D eigenvalue weighted by Crippen LogP contribution is -2.49. The van der Waals surface area contributed by atoms with Crippen molar-refractivity contribution in [3.63, 3.8) is 0 Å². The van der Waals surface area contributed by atoms with Crippen LogP contribution in [0, 0.1) is 0 Å². The van der Waals surface area contributed by atoms with Crippen LogP contribution in [0.15, 0.2) is 41.8 Å². The van der Waals surface area contributed by atoms with Crippen molar-refractivity contribution in [3.8, 4) is 0 Å². The summed E-state index contributed by atoms with van der Waals surface area (Å²) in [6.45, 7) is 2.65. The third-order valence-electron chi connectivity index (χ3n) is 5.27. The zero-order valence-electron chi connectivity index (χ0n) is 17.1. The molecule has 2 N–H and O–H groups in total. The summed E-state index contributed by atoms with van der Waals surface area (Å²) in [6, 6.07) is 10.6. The van der Waals surface area contributed by atoms with Gasteiger partial charge < -0.3 is 10.6 Å². The van der Waals surface area contributed by atoms with E-state index in [0.717, 1.165) is 18.8 Å². The SMILES string of the molecule is CSCCC(NC(=O)c1ccccc1Cl)C(=O)NCC(c1cccs1)N1CCCC1. The lowest BCUT2D eigenvalue weighted by Gasteiger charge is -2.28. The lowest BCUT2D eigenvalue weighted by atomic mass is 10.1. The normalized spacial score (nSPS) is 16.2. The van der Waals surface area contributed by atoms with Gasteiger partial charge in [0.15, 0.2) is 0 Å². The van der Waals surface area contributed by atoms with Crippen molar-refractivity contribution in [2.45, 2.75) is 31.3 Å². The minimum atomic E-state index is -0.594. The van der Waals surface area contributed by atoms with Gasteiger partial charge in [-0.15, -0.1) is 11.3 Å². The average Bonchev–Trinajstić information content (AvgIpc) is 3.46. The lowest BCUT2D eigenvalue weighted by molar-refractivity contribution is -0.123. The first kappa shape index (κ1) is 23.1. The van der Waals surface area contributed by atoms with Crippen molar-refractivity contribution < 1.29 is 9.59 Å². The molecule has 2 heterocycles. The predicted molar refractivity (Wildman–Crippen MR) is 127 cm³/mol. The van der Waals surface area contributed by atoms with Crippen LogP contribution in [0.5, 0.6) is 0 Å². The maximum atomic E-state index is 13.0. The van der Waals surface area contributed by atoms with Gasteiger partial charge in [-0.05, 0) is 67.9 Å². The second-order valence-corrected chi connectivity index (χ2v) is 9.68. The fourth-order valence-electron chi connectivity index (χ4n) is 3.65. The Labute approximate surface area is 191 Å². The van der Waals surface area contributed by atoms with Gasteiger partial charge in [-0.1, -0.05) is 29.8 Å². The van der Waals surface area contributed by atoms with Crippen LogP contribution in [0.3, 0.4) is 0 Å². The van der Waals surface area contributed by atoms with Crippen LogP contribution in [0.2, 0.25) is 5.02 Å². The molecule has 1 aliphatic rings. The monoisotopic (exact) mass is 465 g/mol. The summed E-state index contributed by atoms with van der Waals surface area (Å²) in [7, 11) is 0. The highest BCUT2D eigenvalue weighted by Crippen LogP contribution is 2.27. The number of carbonyl (C=O) groups is 2. The largest absolute Gasteiger partial charge is 0.352 e. The quantitative estimate of drug-likeness (QED) is 0.551. The first-order valence-corrected chi connectivity index (χ1v) is 12.8. The molecule has 1 aromatic carbocycles. The summed E-state index contributed by atoms with van der Waals surface area (Å²) in [5.74, 6) is 0.308. The zero-order chi connectivity index (χ0) is 21.3. The van der Waals surface area contributed by atoms with E-state index < -0.39 is 6.04 Å². The smallest absolute Gasteiger partial charge is 0.253 e. The van der Waals surface area contributed by atoms with Gasteiger partial charge in [0.1, 0.15) is 6.04 Å². The number of thiophene rings is 1. The highest BCUT2D eigenvalue weighted by Gasteiger charge is 2.27. The Morgan fingerprint density at radius 2 is 1.97 bits per heavy atom. The molecule has 0 radical (unpaired) electrons. The molecule has 0 aliphatic carbocycles. The van der Waals surface area contributed by atoms with Gasteiger partial charge in [-0.2, -0.15) is 11.8 Å². The molecule has 0 saturated carbocycles. The number of rotatable bonds is 10. The van der Waals surface area contributed by atoms with E-state index in [0.29, 0.717) is 23.6 Å². The molecule has 3 rings (SSSR count). The van der Waals surface area contributed by atoms with E-state index in [1.165, 1.54) is 17.7 Å². The molecule has 1 aromatic heterocycles. The Kier molecular flexibility index (Phi) is 9.05. The highest BCUT2D eigenvalue weighted by atomic mass is 35.5. The first-order chi connectivity index (χ1) is 14.6. The van der Waals surface area contributed by atoms with E-state index in [9.17, 15) is 9.59 Å². The third kappa shape index (κ3) is 6.23. The fraction of sp³-hybridized carbons (Fsp3) is 0.455. The molecule has 30 heavy (non-hydrogen) atoms. The van der Waals surface area contributed by atoms with Crippen molar-refractivity contribution >= 4 is 46.5 Å². The standard InChI is InChI=1S/C22H28ClN3O2S2/c1-29-14-10-18(25-21(27)16-7-2-3-8-17(16)23)22(28)24-15-19(20-9-6-13-30-20)26-11-4-5-12-26/h2-3,6-9,13,18-19H,4-5,10-12,14-15H2,1H3,(H,24,28)(H,25,27). The van der Waals surface area contributed by atoms with Crippen LogP contribution in [0.25, 0.3) is 0 Å². The Morgan fingerprint density at radius 1 is 1.20 bits per heavy atom. The Balaban J connectivity index is 1.65. The third-order valence-corrected chi connectivity index (χ3v) is 7.22. The minimum Gasteiger partial charge on any atom is -0.352 e. The van der Waals surface area contributed by atoms with Crippen molar-refractivity contribution in [1.82, 2.24) is 15.5 Å². The summed E-state index contributed by atoms with van der Waals surface area (Å²) in [4.78, 5) is 29.4. The Hall–Kier alpha value is -1.54. The van der Waals surface area contributed by atoms with Crippen molar-refractivity contribution in [2.24, 2.45) is 0 Å². The molecule has 1 saturated heterocycles. The molecule has 2 atom stereocenters. The molecule has 5 nitrogen and oxygen atoms in total. The zero-order valence-corrected chi connectivity index (χ0v) is 19.5. The molecule has 2 unspecified atom stereocenters. The number of carbonyl (C=O) groups excluding carboxylic acids is 2. The van der Waals surface area contributed by atoms with Gasteiger partial charge in [-0.3, -0.25) is 14.5 Å². The molecule has 0 bridgehead atoms. The molecular weight excluding hydrogens is 438 g/mol. The van der Waals surface area contributed by atoms with Gasteiger partial charge >= 0.3 is 0 Å². The van der Waals surface area contributed by atoms with E-state index >= 15 is 0 Å². The van der Waals surface area contributed by atoms with Crippen molar-refractivity contribution in [3.05, 3.63) is 57.2 Å². The summed E-state index contributed by atoms with van der Waals surface area (Å²) >= 11 is 9.52. The van der Waals surface area contributed by atoms with E-state index in [4.69, 9.17) is 11.6 Å². The van der Waals surface area contributed by atoms with Crippen LogP contribution in [-0.4, -0.2) is 54.4 Å². The second-order valence-electron chi connectivity index (χ2n) is 7.31. The second kappa shape index (κ2) is 11.7. The van der Waals surface area contributed by atoms with Crippen LogP contribution in [0.1, 0.15) is 40.5 Å². The summed E-state index contributed by atoms with van der Waals surface area (Å²) in [5, 5.41) is 8.43. The van der Waals surface area contributed by atoms with Gasteiger partial charge in [0.05, 0.1) is 16.6 Å². The average molecular weight is 466 g/mol. The predicted octanol–water partition coefficient (Wildman–Crippen LogP) is 4.21. The molecule has 8 heteroatoms. The number of hydrogen-bond acceptors (Lipinski definition) is 5. The summed E-state index contributed by atoms with van der Waals surface area (Å²) < 4.78 is 0. The number of nitrogens with one attached hydrogen (secondary N) is 2. The molecule has 162 valence electrons. The molecular formula is C22H28ClN3O2S2. The number of benzene rings is 1. The summed E-state index contributed by atoms with van der Waals surface area (Å²) in [5.41, 5.74) is 0.384. The van der Waals surface area contributed by atoms with Gasteiger partial charge in [-0.25, -0.2) is 0 Å². The van der Waals surface area contributed by atoms with Crippen LogP contribution >= 0.6 is 34.7 Å². The van der Waals surface area contributed by atoms with E-state index in [1.807, 2.05) is 6.26 Å². The number of amides is 2. The van der Waals surface area contributed by atoms with Gasteiger partial charge in [0, 0.05) is 11.4 Å². The highest BCUT2D eigenvalue weighted by molar-refractivity contribution is 7.98. The number of likely N-dealkylation sites (tertiary alicyclic amines) is 1. The maximum Gasteiger partial charge on any atom is 0.253 e. The van der Waals surface area contributed by atoms with Crippen molar-refractivity contribution in [1.29, 1.82) is 0 Å². The molecule has 2 amide bonds. The molecule has 0 spiro atoms. The summed E-state index contributed by atoms with van der Waals surface area (Å²) in [6.07, 6.45) is 4.95. The molecule has 1 aliphatic heterocycles. The minimum absolute atomic E-state index is 0.148. The Bertz CT molecular complexity index is 826. The van der Waals surface area contributed by atoms with Gasteiger partial charge in [0.25, 0.3) is 5.91 Å². The van der Waals surface area contributed by atoms with Crippen molar-refractivity contribution in [2.75, 3.05) is 31.6 Å². The number of thioether (sulfide) groups is 1. The topological polar surface area (TPSA) is 61.4 Å². The maximum absolute atomic E-state index is 13.0.